The lowest BCUT2D eigenvalue weighted by Crippen LogP contribution is -2.30. The first-order valence-corrected chi connectivity index (χ1v) is 35.2. The van der Waals surface area contributed by atoms with Gasteiger partial charge in [0.25, 0.3) is 0 Å². The number of hydrogen-bond donors (Lipinski definition) is 0. The smallest absolute Gasteiger partial charge is 0.306 e. The Morgan fingerprint density at radius 2 is 0.429 bits per heavy atom. The molecule has 0 radical (unpaired) electrons. The second-order valence-electron chi connectivity index (χ2n) is 24.2. The van der Waals surface area contributed by atoms with Crippen molar-refractivity contribution in [2.75, 3.05) is 13.2 Å². The second kappa shape index (κ2) is 66.7. The average molecular weight is 1090 g/mol. The third kappa shape index (κ3) is 64.9. The van der Waals surface area contributed by atoms with E-state index in [4.69, 9.17) is 14.2 Å². The molecule has 0 spiro atoms. The zero-order valence-corrected chi connectivity index (χ0v) is 52.5. The summed E-state index contributed by atoms with van der Waals surface area (Å²) in [6, 6.07) is 0. The van der Waals surface area contributed by atoms with Gasteiger partial charge in [-0.05, 0) is 44.9 Å². The molecule has 77 heavy (non-hydrogen) atoms. The largest absolute Gasteiger partial charge is 0.462 e. The molecule has 0 amide bonds. The van der Waals surface area contributed by atoms with Gasteiger partial charge in [0.2, 0.25) is 0 Å². The Kier molecular flexibility index (Phi) is 65.1. The molecule has 0 aliphatic carbocycles. The van der Waals surface area contributed by atoms with Gasteiger partial charge in [0.05, 0.1) is 0 Å². The van der Waals surface area contributed by atoms with Gasteiger partial charge >= 0.3 is 17.9 Å². The zero-order valence-electron chi connectivity index (χ0n) is 52.5. The van der Waals surface area contributed by atoms with Gasteiger partial charge in [0.1, 0.15) is 13.2 Å². The van der Waals surface area contributed by atoms with Crippen molar-refractivity contribution < 1.29 is 28.6 Å². The molecule has 0 fully saturated rings. The summed E-state index contributed by atoms with van der Waals surface area (Å²) in [5, 5.41) is 0. The minimum atomic E-state index is -0.769. The van der Waals surface area contributed by atoms with Crippen molar-refractivity contribution in [2.45, 2.75) is 412 Å². The Morgan fingerprint density at radius 3 is 0.675 bits per heavy atom. The highest BCUT2D eigenvalue weighted by atomic mass is 16.6. The molecule has 0 heterocycles. The van der Waals surface area contributed by atoms with E-state index in [1.165, 1.54) is 302 Å². The van der Waals surface area contributed by atoms with Gasteiger partial charge in [-0.25, -0.2) is 0 Å². The van der Waals surface area contributed by atoms with Crippen molar-refractivity contribution in [3.05, 3.63) is 12.2 Å². The van der Waals surface area contributed by atoms with Gasteiger partial charge in [-0.3, -0.25) is 14.4 Å². The topological polar surface area (TPSA) is 78.9 Å². The number of esters is 3. The lowest BCUT2D eigenvalue weighted by atomic mass is 10.0. The average Bonchev–Trinajstić information content (AvgIpc) is 3.43. The van der Waals surface area contributed by atoms with Crippen molar-refractivity contribution >= 4 is 17.9 Å². The fraction of sp³-hybridized carbons (Fsp3) is 0.930. The lowest BCUT2D eigenvalue weighted by molar-refractivity contribution is -0.167. The molecule has 1 atom stereocenters. The maximum absolute atomic E-state index is 12.9. The maximum atomic E-state index is 12.9. The van der Waals surface area contributed by atoms with E-state index < -0.39 is 6.10 Å². The molecule has 0 aromatic heterocycles. The Bertz CT molecular complexity index is 1200. The van der Waals surface area contributed by atoms with Gasteiger partial charge < -0.3 is 14.2 Å². The Hall–Kier alpha value is -1.85. The molecule has 6 nitrogen and oxygen atoms in total. The first-order chi connectivity index (χ1) is 38.0. The van der Waals surface area contributed by atoms with E-state index in [-0.39, 0.29) is 31.1 Å². The molecular weight excluding hydrogens is 949 g/mol. The number of ether oxygens (including phenoxy) is 3. The van der Waals surface area contributed by atoms with E-state index in [1.807, 2.05) is 0 Å². The lowest BCUT2D eigenvalue weighted by Gasteiger charge is -2.18. The molecular formula is C71H136O6. The van der Waals surface area contributed by atoms with Crippen LogP contribution in [0.4, 0.5) is 0 Å². The third-order valence-corrected chi connectivity index (χ3v) is 16.3. The summed E-state index contributed by atoms with van der Waals surface area (Å²) in [5.41, 5.74) is 0. The van der Waals surface area contributed by atoms with E-state index >= 15 is 0 Å². The molecule has 6 heteroatoms. The fourth-order valence-corrected chi connectivity index (χ4v) is 11.0. The fourth-order valence-electron chi connectivity index (χ4n) is 11.0. The number of rotatable bonds is 66. The van der Waals surface area contributed by atoms with Crippen LogP contribution in [0.1, 0.15) is 406 Å². The highest BCUT2D eigenvalue weighted by Gasteiger charge is 2.19. The summed E-state index contributed by atoms with van der Waals surface area (Å²) in [6.45, 7) is 6.70. The summed E-state index contributed by atoms with van der Waals surface area (Å²) in [7, 11) is 0. The van der Waals surface area contributed by atoms with E-state index in [0.717, 1.165) is 64.2 Å². The summed E-state index contributed by atoms with van der Waals surface area (Å²) >= 11 is 0. The first-order valence-electron chi connectivity index (χ1n) is 35.2. The number of carbonyl (C=O) groups excluding carboxylic acids is 3. The van der Waals surface area contributed by atoms with Gasteiger partial charge in [-0.2, -0.15) is 0 Å². The number of allylic oxidation sites excluding steroid dienone is 2. The maximum Gasteiger partial charge on any atom is 0.306 e. The minimum absolute atomic E-state index is 0.0658. The van der Waals surface area contributed by atoms with Crippen molar-refractivity contribution in [3.63, 3.8) is 0 Å². The van der Waals surface area contributed by atoms with Gasteiger partial charge in [0, 0.05) is 19.3 Å². The van der Waals surface area contributed by atoms with E-state index in [1.54, 1.807) is 0 Å². The van der Waals surface area contributed by atoms with Crippen LogP contribution in [0.15, 0.2) is 12.2 Å². The highest BCUT2D eigenvalue weighted by molar-refractivity contribution is 5.71. The Labute approximate surface area is 481 Å². The van der Waals surface area contributed by atoms with Gasteiger partial charge in [-0.1, -0.05) is 354 Å². The number of unbranched alkanes of at least 4 members (excludes halogenated alkanes) is 53. The summed E-state index contributed by atoms with van der Waals surface area (Å²) in [6.07, 6.45) is 79.7. The van der Waals surface area contributed by atoms with Crippen LogP contribution >= 0.6 is 0 Å². The standard InChI is InChI=1S/C71H136O6/c1-4-7-10-13-16-19-22-25-27-29-31-32-33-34-35-36-37-38-39-41-42-44-46-49-52-55-58-61-64-70(73)76-67-68(66-75-69(72)63-60-57-54-51-48-24-21-18-15-12-9-6-3)77-71(74)65-62-59-56-53-50-47-45-43-40-30-28-26-23-20-17-14-11-8-5-2/h18,21,68H,4-17,19-20,22-67H2,1-3H3/b21-18-. The molecule has 456 valence electrons. The van der Waals surface area contributed by atoms with E-state index in [9.17, 15) is 14.4 Å². The molecule has 0 rings (SSSR count). The van der Waals surface area contributed by atoms with Gasteiger partial charge in [0.15, 0.2) is 6.10 Å². The van der Waals surface area contributed by atoms with Crippen LogP contribution in [0, 0.1) is 0 Å². The van der Waals surface area contributed by atoms with Crippen LogP contribution in [0.5, 0.6) is 0 Å². The predicted molar refractivity (Wildman–Crippen MR) is 335 cm³/mol. The predicted octanol–water partition coefficient (Wildman–Crippen LogP) is 24.0. The zero-order chi connectivity index (χ0) is 55.7. The minimum Gasteiger partial charge on any atom is -0.462 e. The molecule has 0 bridgehead atoms. The van der Waals surface area contributed by atoms with Crippen molar-refractivity contribution in [2.24, 2.45) is 0 Å². The third-order valence-electron chi connectivity index (χ3n) is 16.3. The molecule has 0 aromatic rings. The van der Waals surface area contributed by atoms with E-state index in [0.29, 0.717) is 19.3 Å². The van der Waals surface area contributed by atoms with E-state index in [2.05, 4.69) is 32.9 Å². The molecule has 0 aliphatic heterocycles. The molecule has 0 saturated carbocycles. The number of carbonyl (C=O) groups is 3. The van der Waals surface area contributed by atoms with Crippen molar-refractivity contribution in [3.8, 4) is 0 Å². The summed E-state index contributed by atoms with van der Waals surface area (Å²) in [4.78, 5) is 38.3. The van der Waals surface area contributed by atoms with Crippen LogP contribution < -0.4 is 0 Å². The Balaban J connectivity index is 4.14. The Morgan fingerprint density at radius 1 is 0.247 bits per heavy atom. The van der Waals surface area contributed by atoms with Crippen LogP contribution in [-0.4, -0.2) is 37.2 Å². The van der Waals surface area contributed by atoms with Crippen LogP contribution in [0.25, 0.3) is 0 Å². The quantitative estimate of drug-likeness (QED) is 0.0261. The normalized spacial score (nSPS) is 12.0. The molecule has 0 aliphatic rings. The highest BCUT2D eigenvalue weighted by Crippen LogP contribution is 2.19. The van der Waals surface area contributed by atoms with Crippen LogP contribution in [0.2, 0.25) is 0 Å². The SMILES string of the molecule is CCCCC/C=C\CCCCCCCC(=O)OCC(COC(=O)CCCCCCCCCCCCCCCCCCCCCCCCCCCCCC)OC(=O)CCCCCCCCCCCCCCCCCCCCC. The van der Waals surface area contributed by atoms with Crippen LogP contribution in [-0.2, 0) is 28.6 Å². The van der Waals surface area contributed by atoms with Gasteiger partial charge in [-0.15, -0.1) is 0 Å². The summed E-state index contributed by atoms with van der Waals surface area (Å²) in [5.74, 6) is -0.842. The second-order valence-corrected chi connectivity index (χ2v) is 24.2. The molecule has 1 unspecified atom stereocenters. The first kappa shape index (κ1) is 75.2. The molecule has 0 aromatic carbocycles. The molecule has 0 N–H and O–H groups in total. The van der Waals surface area contributed by atoms with Crippen molar-refractivity contribution in [1.82, 2.24) is 0 Å². The molecule has 0 saturated heterocycles. The monoisotopic (exact) mass is 1090 g/mol. The van der Waals surface area contributed by atoms with Crippen LogP contribution in [0.3, 0.4) is 0 Å². The number of hydrogen-bond acceptors (Lipinski definition) is 6. The van der Waals surface area contributed by atoms with Crippen molar-refractivity contribution in [1.29, 1.82) is 0 Å². The summed E-state index contributed by atoms with van der Waals surface area (Å²) < 4.78 is 17.0.